The lowest BCUT2D eigenvalue weighted by molar-refractivity contribution is -0.136. The van der Waals surface area contributed by atoms with Crippen LogP contribution in [0.25, 0.3) is 0 Å². The smallest absolute Gasteiger partial charge is 0.281 e. The Balaban J connectivity index is 1.75. The summed E-state index contributed by atoms with van der Waals surface area (Å²) in [7, 11) is 1.83. The zero-order valence-electron chi connectivity index (χ0n) is 12.4. The molecule has 0 saturated heterocycles. The van der Waals surface area contributed by atoms with Crippen LogP contribution in [0, 0.1) is 13.8 Å². The lowest BCUT2D eigenvalue weighted by Crippen LogP contribution is -2.29. The molecule has 112 valence electrons. The molecule has 0 spiro atoms. The number of rotatable bonds is 6. The maximum Gasteiger partial charge on any atom is 0.281 e. The number of carbonyl (C=O) groups excluding carboxylic acids is 1. The van der Waals surface area contributed by atoms with E-state index in [2.05, 4.69) is 10.6 Å². The highest BCUT2D eigenvalue weighted by Crippen LogP contribution is 2.20. The van der Waals surface area contributed by atoms with Gasteiger partial charge in [-0.1, -0.05) is 30.3 Å². The van der Waals surface area contributed by atoms with Crippen LogP contribution < -0.4 is 10.2 Å². The molecule has 2 rings (SSSR count). The van der Waals surface area contributed by atoms with Crippen LogP contribution in [0.15, 0.2) is 30.3 Å². The molecule has 1 heterocycles. The molecule has 6 heteroatoms. The van der Waals surface area contributed by atoms with Crippen LogP contribution in [-0.4, -0.2) is 22.3 Å². The zero-order chi connectivity index (χ0) is 15.2. The van der Waals surface area contributed by atoms with Crippen molar-refractivity contribution in [3.8, 4) is 5.75 Å². The Kier molecular flexibility index (Phi) is 4.94. The zero-order valence-corrected chi connectivity index (χ0v) is 12.4. The minimum Gasteiger partial charge on any atom is -0.480 e. The number of nitrogens with one attached hydrogen (secondary N) is 1. The number of hydroxylamine groups is 1. The second-order valence-electron chi connectivity index (χ2n) is 4.71. The van der Waals surface area contributed by atoms with Gasteiger partial charge >= 0.3 is 0 Å². The Hall–Kier alpha value is -2.34. The molecule has 0 unspecified atom stereocenters. The van der Waals surface area contributed by atoms with E-state index in [1.807, 2.05) is 51.2 Å². The van der Waals surface area contributed by atoms with Crippen molar-refractivity contribution in [3.05, 3.63) is 47.3 Å². The van der Waals surface area contributed by atoms with Gasteiger partial charge in [0.1, 0.15) is 5.69 Å². The van der Waals surface area contributed by atoms with Crippen molar-refractivity contribution < 1.29 is 14.4 Å². The van der Waals surface area contributed by atoms with Crippen LogP contribution in [0.4, 0.5) is 0 Å². The quantitative estimate of drug-likeness (QED) is 0.821. The predicted molar refractivity (Wildman–Crippen MR) is 77.6 cm³/mol. The van der Waals surface area contributed by atoms with E-state index in [1.54, 1.807) is 4.68 Å². The summed E-state index contributed by atoms with van der Waals surface area (Å²) in [4.78, 5) is 16.8. The fourth-order valence-electron chi connectivity index (χ4n) is 1.90. The van der Waals surface area contributed by atoms with Gasteiger partial charge in [-0.05, 0) is 19.4 Å². The third-order valence-electron chi connectivity index (χ3n) is 3.06. The average Bonchev–Trinajstić information content (AvgIpc) is 2.71. The topological polar surface area (TPSA) is 65.4 Å². The number of carbonyl (C=O) groups is 1. The molecule has 0 atom stereocenters. The molecule has 0 saturated carbocycles. The Morgan fingerprint density at radius 1 is 1.29 bits per heavy atom. The number of nitrogens with zero attached hydrogens (tertiary/aromatic N) is 2. The van der Waals surface area contributed by atoms with Gasteiger partial charge in [-0.15, -0.1) is 0 Å². The molecule has 1 amide bonds. The molecule has 0 bridgehead atoms. The van der Waals surface area contributed by atoms with Crippen molar-refractivity contribution in [2.75, 3.05) is 6.61 Å². The largest absolute Gasteiger partial charge is 0.480 e. The molecule has 0 aliphatic heterocycles. The summed E-state index contributed by atoms with van der Waals surface area (Å²) in [5, 5.41) is 4.22. The Morgan fingerprint density at radius 2 is 2.00 bits per heavy atom. The van der Waals surface area contributed by atoms with Crippen LogP contribution >= 0.6 is 0 Å². The van der Waals surface area contributed by atoms with Gasteiger partial charge in [0.25, 0.3) is 5.91 Å². The third kappa shape index (κ3) is 4.06. The number of hydrogen-bond acceptors (Lipinski definition) is 4. The van der Waals surface area contributed by atoms with Gasteiger partial charge in [-0.3, -0.25) is 14.3 Å². The van der Waals surface area contributed by atoms with Crippen molar-refractivity contribution in [3.63, 3.8) is 0 Å². The number of aryl methyl sites for hydroxylation is 2. The summed E-state index contributed by atoms with van der Waals surface area (Å²) >= 11 is 0. The van der Waals surface area contributed by atoms with E-state index in [1.165, 1.54) is 0 Å². The average molecular weight is 289 g/mol. The molecule has 1 aromatic heterocycles. The van der Waals surface area contributed by atoms with Gasteiger partial charge in [0.05, 0.1) is 12.3 Å². The Labute approximate surface area is 123 Å². The van der Waals surface area contributed by atoms with Crippen molar-refractivity contribution in [2.45, 2.75) is 20.5 Å². The van der Waals surface area contributed by atoms with E-state index in [-0.39, 0.29) is 12.5 Å². The van der Waals surface area contributed by atoms with Crippen LogP contribution in [0.2, 0.25) is 0 Å². The second kappa shape index (κ2) is 6.90. The monoisotopic (exact) mass is 289 g/mol. The lowest BCUT2D eigenvalue weighted by Gasteiger charge is -2.08. The van der Waals surface area contributed by atoms with Gasteiger partial charge in [-0.2, -0.15) is 5.10 Å². The molecule has 0 aliphatic rings. The van der Waals surface area contributed by atoms with Gasteiger partial charge in [0, 0.05) is 7.05 Å². The number of amides is 1. The maximum absolute atomic E-state index is 11.6. The van der Waals surface area contributed by atoms with E-state index in [0.717, 1.165) is 17.0 Å². The number of benzene rings is 1. The summed E-state index contributed by atoms with van der Waals surface area (Å²) in [6, 6.07) is 9.60. The van der Waals surface area contributed by atoms with Crippen molar-refractivity contribution >= 4 is 5.91 Å². The first-order valence-corrected chi connectivity index (χ1v) is 6.65. The fraction of sp³-hybridized carbons (Fsp3) is 0.333. The number of aromatic nitrogens is 2. The highest BCUT2D eigenvalue weighted by molar-refractivity contribution is 5.76. The number of ether oxygens (including phenoxy) is 1. The molecule has 0 fully saturated rings. The highest BCUT2D eigenvalue weighted by Gasteiger charge is 2.12. The molecule has 21 heavy (non-hydrogen) atoms. The summed E-state index contributed by atoms with van der Waals surface area (Å²) in [5.41, 5.74) is 4.98. The van der Waals surface area contributed by atoms with Crippen molar-refractivity contribution in [1.29, 1.82) is 0 Å². The first-order chi connectivity index (χ1) is 10.1. The van der Waals surface area contributed by atoms with Gasteiger partial charge in [0.2, 0.25) is 0 Å². The standard InChI is InChI=1S/C15H19N3O3/c1-11-15(12(2)18(3)16-11)20-10-14(19)17-21-9-13-7-5-4-6-8-13/h4-8H,9-10H2,1-3H3,(H,17,19). The summed E-state index contributed by atoms with van der Waals surface area (Å²) in [6.07, 6.45) is 0. The maximum atomic E-state index is 11.6. The first-order valence-electron chi connectivity index (χ1n) is 6.65. The lowest BCUT2D eigenvalue weighted by atomic mass is 10.2. The van der Waals surface area contributed by atoms with Crippen LogP contribution in [0.3, 0.4) is 0 Å². The molecule has 6 nitrogen and oxygen atoms in total. The van der Waals surface area contributed by atoms with Gasteiger partial charge in [0.15, 0.2) is 12.4 Å². The SMILES string of the molecule is Cc1nn(C)c(C)c1OCC(=O)NOCc1ccccc1. The molecular weight excluding hydrogens is 270 g/mol. The Bertz CT molecular complexity index is 608. The minimum absolute atomic E-state index is 0.109. The summed E-state index contributed by atoms with van der Waals surface area (Å²) in [5.74, 6) is 0.296. The third-order valence-corrected chi connectivity index (χ3v) is 3.06. The summed E-state index contributed by atoms with van der Waals surface area (Å²) in [6.45, 7) is 3.94. The van der Waals surface area contributed by atoms with Crippen molar-refractivity contribution in [2.24, 2.45) is 7.05 Å². The van der Waals surface area contributed by atoms with E-state index in [4.69, 9.17) is 9.57 Å². The van der Waals surface area contributed by atoms with Crippen LogP contribution in [0.5, 0.6) is 5.75 Å². The molecule has 1 N–H and O–H groups in total. The van der Waals surface area contributed by atoms with Crippen LogP contribution in [-0.2, 0) is 23.3 Å². The second-order valence-corrected chi connectivity index (χ2v) is 4.71. The van der Waals surface area contributed by atoms with E-state index in [9.17, 15) is 4.79 Å². The van der Waals surface area contributed by atoms with E-state index >= 15 is 0 Å². The predicted octanol–water partition coefficient (Wildman–Crippen LogP) is 1.66. The van der Waals surface area contributed by atoms with Gasteiger partial charge < -0.3 is 4.74 Å². The first kappa shape index (κ1) is 15.1. The van der Waals surface area contributed by atoms with E-state index in [0.29, 0.717) is 12.4 Å². The molecule has 1 aromatic carbocycles. The van der Waals surface area contributed by atoms with E-state index < -0.39 is 0 Å². The van der Waals surface area contributed by atoms with Gasteiger partial charge in [-0.25, -0.2) is 5.48 Å². The normalized spacial score (nSPS) is 10.4. The minimum atomic E-state index is -0.339. The van der Waals surface area contributed by atoms with Crippen LogP contribution in [0.1, 0.15) is 17.0 Å². The van der Waals surface area contributed by atoms with Crippen molar-refractivity contribution in [1.82, 2.24) is 15.3 Å². The summed E-state index contributed by atoms with van der Waals surface area (Å²) < 4.78 is 7.19. The Morgan fingerprint density at radius 3 is 2.62 bits per heavy atom. The fourth-order valence-corrected chi connectivity index (χ4v) is 1.90. The molecule has 2 aromatic rings. The molecular formula is C15H19N3O3. The number of hydrogen-bond donors (Lipinski definition) is 1. The highest BCUT2D eigenvalue weighted by atomic mass is 16.7. The molecule has 0 radical (unpaired) electrons. The molecule has 0 aliphatic carbocycles.